The lowest BCUT2D eigenvalue weighted by Crippen LogP contribution is -2.48. The molecule has 1 heterocycles. The highest BCUT2D eigenvalue weighted by molar-refractivity contribution is 5.94. The normalized spacial score (nSPS) is 14.2. The fourth-order valence-electron chi connectivity index (χ4n) is 3.94. The van der Waals surface area contributed by atoms with Crippen molar-refractivity contribution < 1.29 is 18.7 Å². The van der Waals surface area contributed by atoms with E-state index in [0.29, 0.717) is 38.4 Å². The van der Waals surface area contributed by atoms with Crippen molar-refractivity contribution in [2.75, 3.05) is 32.8 Å². The number of piperazine rings is 1. The monoisotopic (exact) mass is 448 g/mol. The molecule has 0 aromatic heterocycles. The van der Waals surface area contributed by atoms with Gasteiger partial charge in [0.25, 0.3) is 5.91 Å². The van der Waals surface area contributed by atoms with Gasteiger partial charge in [-0.3, -0.25) is 9.69 Å². The lowest BCUT2D eigenvalue weighted by molar-refractivity contribution is 0.0628. The fraction of sp³-hybridized carbons (Fsp3) is 0.296. The summed E-state index contributed by atoms with van der Waals surface area (Å²) in [6.07, 6.45) is 0. The van der Waals surface area contributed by atoms with Crippen molar-refractivity contribution >= 4 is 5.91 Å². The largest absolute Gasteiger partial charge is 0.494 e. The van der Waals surface area contributed by atoms with E-state index in [0.717, 1.165) is 35.7 Å². The van der Waals surface area contributed by atoms with E-state index in [1.807, 2.05) is 66.4 Å². The molecule has 3 aromatic rings. The fourth-order valence-corrected chi connectivity index (χ4v) is 3.94. The SMILES string of the molecule is CCOc1ccc(OCc2cccc(C(=O)N3CCN(Cc4cccc(F)c4)CC3)c2)cc1. The van der Waals surface area contributed by atoms with Gasteiger partial charge in [0.2, 0.25) is 0 Å². The van der Waals surface area contributed by atoms with Gasteiger partial charge in [-0.2, -0.15) is 0 Å². The number of amides is 1. The minimum absolute atomic E-state index is 0.0309. The van der Waals surface area contributed by atoms with Gasteiger partial charge < -0.3 is 14.4 Å². The number of rotatable bonds is 8. The highest BCUT2D eigenvalue weighted by Gasteiger charge is 2.22. The number of halogens is 1. The molecule has 3 aromatic carbocycles. The van der Waals surface area contributed by atoms with Crippen molar-refractivity contribution in [3.63, 3.8) is 0 Å². The molecule has 1 aliphatic rings. The third-order valence-corrected chi connectivity index (χ3v) is 5.67. The summed E-state index contributed by atoms with van der Waals surface area (Å²) >= 11 is 0. The summed E-state index contributed by atoms with van der Waals surface area (Å²) in [7, 11) is 0. The number of ether oxygens (including phenoxy) is 2. The predicted molar refractivity (Wildman–Crippen MR) is 126 cm³/mol. The van der Waals surface area contributed by atoms with E-state index in [9.17, 15) is 9.18 Å². The highest BCUT2D eigenvalue weighted by Crippen LogP contribution is 2.19. The molecule has 1 fully saturated rings. The van der Waals surface area contributed by atoms with Gasteiger partial charge in [0, 0.05) is 38.3 Å². The van der Waals surface area contributed by atoms with Crippen molar-refractivity contribution in [2.45, 2.75) is 20.1 Å². The zero-order valence-corrected chi connectivity index (χ0v) is 18.9. The number of carbonyl (C=O) groups excluding carboxylic acids is 1. The molecule has 1 amide bonds. The first-order valence-corrected chi connectivity index (χ1v) is 11.3. The Labute approximate surface area is 194 Å². The maximum Gasteiger partial charge on any atom is 0.253 e. The summed E-state index contributed by atoms with van der Waals surface area (Å²) in [6, 6.07) is 21.8. The lowest BCUT2D eigenvalue weighted by Gasteiger charge is -2.34. The maximum atomic E-state index is 13.4. The molecular formula is C27H29FN2O3. The quantitative estimate of drug-likeness (QED) is 0.498. The van der Waals surface area contributed by atoms with E-state index in [1.165, 1.54) is 6.07 Å². The molecule has 0 aliphatic carbocycles. The lowest BCUT2D eigenvalue weighted by atomic mass is 10.1. The molecule has 6 heteroatoms. The number of hydrogen-bond acceptors (Lipinski definition) is 4. The van der Waals surface area contributed by atoms with Crippen LogP contribution in [-0.2, 0) is 13.2 Å². The zero-order valence-electron chi connectivity index (χ0n) is 18.9. The molecule has 0 atom stereocenters. The van der Waals surface area contributed by atoms with Gasteiger partial charge in [0.1, 0.15) is 23.9 Å². The Bertz CT molecular complexity index is 1060. The molecule has 33 heavy (non-hydrogen) atoms. The summed E-state index contributed by atoms with van der Waals surface area (Å²) in [5, 5.41) is 0. The number of hydrogen-bond donors (Lipinski definition) is 0. The van der Waals surface area contributed by atoms with Gasteiger partial charge in [-0.25, -0.2) is 4.39 Å². The number of benzene rings is 3. The number of nitrogens with zero attached hydrogens (tertiary/aromatic N) is 2. The van der Waals surface area contributed by atoms with Crippen molar-refractivity contribution in [2.24, 2.45) is 0 Å². The topological polar surface area (TPSA) is 42.0 Å². The highest BCUT2D eigenvalue weighted by atomic mass is 19.1. The average Bonchev–Trinajstić information content (AvgIpc) is 2.84. The van der Waals surface area contributed by atoms with Crippen LogP contribution >= 0.6 is 0 Å². The molecular weight excluding hydrogens is 419 g/mol. The summed E-state index contributed by atoms with van der Waals surface area (Å²) in [5.74, 6) is 1.38. The minimum atomic E-state index is -0.215. The number of carbonyl (C=O) groups is 1. The minimum Gasteiger partial charge on any atom is -0.494 e. The van der Waals surface area contributed by atoms with Gasteiger partial charge in [-0.15, -0.1) is 0 Å². The smallest absolute Gasteiger partial charge is 0.253 e. The molecule has 0 saturated carbocycles. The average molecular weight is 449 g/mol. The molecule has 0 N–H and O–H groups in total. The van der Waals surface area contributed by atoms with Crippen LogP contribution in [0.15, 0.2) is 72.8 Å². The Morgan fingerprint density at radius 3 is 2.21 bits per heavy atom. The van der Waals surface area contributed by atoms with Crippen molar-refractivity contribution in [3.05, 3.63) is 95.3 Å². The zero-order chi connectivity index (χ0) is 23.0. The van der Waals surface area contributed by atoms with Crippen molar-refractivity contribution in [1.29, 1.82) is 0 Å². The van der Waals surface area contributed by atoms with Gasteiger partial charge >= 0.3 is 0 Å². The second kappa shape index (κ2) is 11.0. The van der Waals surface area contributed by atoms with E-state index >= 15 is 0 Å². The summed E-state index contributed by atoms with van der Waals surface area (Å²) in [6.45, 7) is 6.50. The van der Waals surface area contributed by atoms with Crippen LogP contribution in [0.4, 0.5) is 4.39 Å². The molecule has 1 saturated heterocycles. The molecule has 1 aliphatic heterocycles. The first-order chi connectivity index (χ1) is 16.1. The Hall–Kier alpha value is -3.38. The van der Waals surface area contributed by atoms with Crippen LogP contribution in [0.1, 0.15) is 28.4 Å². The molecule has 172 valence electrons. The third kappa shape index (κ3) is 6.33. The van der Waals surface area contributed by atoms with Gasteiger partial charge in [0.15, 0.2) is 0 Å². The van der Waals surface area contributed by atoms with Crippen LogP contribution in [0.2, 0.25) is 0 Å². The molecule has 0 bridgehead atoms. The van der Waals surface area contributed by atoms with Gasteiger partial charge in [-0.1, -0.05) is 24.3 Å². The van der Waals surface area contributed by atoms with E-state index in [2.05, 4.69) is 4.90 Å². The molecule has 0 unspecified atom stereocenters. The van der Waals surface area contributed by atoms with E-state index < -0.39 is 0 Å². The van der Waals surface area contributed by atoms with Crippen LogP contribution < -0.4 is 9.47 Å². The summed E-state index contributed by atoms with van der Waals surface area (Å²) in [4.78, 5) is 17.2. The molecule has 0 radical (unpaired) electrons. The Kier molecular flexibility index (Phi) is 7.58. The first kappa shape index (κ1) is 22.8. The van der Waals surface area contributed by atoms with E-state index in [1.54, 1.807) is 12.1 Å². The summed E-state index contributed by atoms with van der Waals surface area (Å²) in [5.41, 5.74) is 2.57. The van der Waals surface area contributed by atoms with Gasteiger partial charge in [-0.05, 0) is 66.6 Å². The van der Waals surface area contributed by atoms with Crippen molar-refractivity contribution in [3.8, 4) is 11.5 Å². The Morgan fingerprint density at radius 1 is 0.848 bits per heavy atom. The Morgan fingerprint density at radius 2 is 1.52 bits per heavy atom. The third-order valence-electron chi connectivity index (χ3n) is 5.67. The summed E-state index contributed by atoms with van der Waals surface area (Å²) < 4.78 is 24.7. The second-order valence-electron chi connectivity index (χ2n) is 8.09. The van der Waals surface area contributed by atoms with E-state index in [-0.39, 0.29) is 11.7 Å². The first-order valence-electron chi connectivity index (χ1n) is 11.3. The standard InChI is InChI=1S/C27H29FN2O3/c1-2-32-25-9-11-26(12-10-25)33-20-22-6-3-7-23(17-22)27(31)30-15-13-29(14-16-30)19-21-5-4-8-24(28)18-21/h3-12,17-18H,2,13-16,19-20H2,1H3. The van der Waals surface area contributed by atoms with Crippen LogP contribution in [0.25, 0.3) is 0 Å². The van der Waals surface area contributed by atoms with Crippen LogP contribution in [0.5, 0.6) is 11.5 Å². The van der Waals surface area contributed by atoms with Gasteiger partial charge in [0.05, 0.1) is 6.61 Å². The van der Waals surface area contributed by atoms with Crippen LogP contribution in [0, 0.1) is 5.82 Å². The van der Waals surface area contributed by atoms with Crippen molar-refractivity contribution in [1.82, 2.24) is 9.80 Å². The van der Waals surface area contributed by atoms with E-state index in [4.69, 9.17) is 9.47 Å². The van der Waals surface area contributed by atoms with Crippen LogP contribution in [0.3, 0.4) is 0 Å². The maximum absolute atomic E-state index is 13.4. The Balaban J connectivity index is 1.29. The molecule has 0 spiro atoms. The molecule has 5 nitrogen and oxygen atoms in total. The second-order valence-corrected chi connectivity index (χ2v) is 8.09. The molecule has 4 rings (SSSR count). The van der Waals surface area contributed by atoms with Crippen LogP contribution in [-0.4, -0.2) is 48.5 Å². The predicted octanol–water partition coefficient (Wildman–Crippen LogP) is 4.76.